The molecular weight excluding hydrogens is 520 g/mol. The van der Waals surface area contributed by atoms with Gasteiger partial charge in [-0.15, -0.1) is 0 Å². The molecule has 2 heterocycles. The van der Waals surface area contributed by atoms with E-state index in [0.717, 1.165) is 9.47 Å². The number of likely N-dealkylation sites (N-methyl/N-ethyl adjacent to an activating group) is 1. The number of aliphatic hydroxyl groups is 3. The summed E-state index contributed by atoms with van der Waals surface area (Å²) in [6.45, 7) is 8.88. The van der Waals surface area contributed by atoms with Crippen molar-refractivity contribution in [2.75, 3.05) is 32.1 Å². The Morgan fingerprint density at radius 1 is 1.28 bits per heavy atom. The quantitative estimate of drug-likeness (QED) is 0.241. The molecule has 2 rings (SSSR count). The topological polar surface area (TPSA) is 199 Å². The highest BCUT2D eigenvalue weighted by Gasteiger charge is 2.53. The lowest BCUT2D eigenvalue weighted by atomic mass is 9.96. The summed E-state index contributed by atoms with van der Waals surface area (Å²) in [7, 11) is 1.41. The van der Waals surface area contributed by atoms with Crippen molar-refractivity contribution in [3.05, 3.63) is 22.7 Å². The summed E-state index contributed by atoms with van der Waals surface area (Å²) in [5.41, 5.74) is -3.57. The molecular formula is C24H38N4O11. The van der Waals surface area contributed by atoms with Crippen LogP contribution >= 0.6 is 0 Å². The molecule has 1 fully saturated rings. The minimum atomic E-state index is -1.89. The van der Waals surface area contributed by atoms with Gasteiger partial charge in [-0.05, 0) is 33.8 Å². The maximum atomic E-state index is 12.5. The van der Waals surface area contributed by atoms with Gasteiger partial charge in [0.05, 0.1) is 18.6 Å². The Morgan fingerprint density at radius 2 is 1.92 bits per heavy atom. The summed E-state index contributed by atoms with van der Waals surface area (Å²) in [6.07, 6.45) is -5.53. The Kier molecular flexibility index (Phi) is 10.4. The van der Waals surface area contributed by atoms with Crippen LogP contribution in [0.15, 0.2) is 17.1 Å². The number of hydrogen-bond acceptors (Lipinski definition) is 12. The zero-order valence-electron chi connectivity index (χ0n) is 23.1. The van der Waals surface area contributed by atoms with E-state index in [1.165, 1.54) is 26.2 Å². The summed E-state index contributed by atoms with van der Waals surface area (Å²) in [4.78, 5) is 54.0. The summed E-state index contributed by atoms with van der Waals surface area (Å²) in [5.74, 6) is -0.983. The van der Waals surface area contributed by atoms with Gasteiger partial charge in [0.15, 0.2) is 6.23 Å². The third-order valence-electron chi connectivity index (χ3n) is 5.82. The van der Waals surface area contributed by atoms with Gasteiger partial charge < -0.3 is 39.2 Å². The molecule has 0 aliphatic carbocycles. The van der Waals surface area contributed by atoms with Gasteiger partial charge in [0, 0.05) is 19.2 Å². The van der Waals surface area contributed by atoms with Crippen molar-refractivity contribution in [2.24, 2.45) is 11.3 Å². The maximum absolute atomic E-state index is 12.5. The van der Waals surface area contributed by atoms with Crippen LogP contribution in [0.25, 0.3) is 0 Å². The van der Waals surface area contributed by atoms with Crippen LogP contribution in [0.1, 0.15) is 47.8 Å². The lowest BCUT2D eigenvalue weighted by Crippen LogP contribution is -2.46. The molecule has 4 N–H and O–H groups in total. The van der Waals surface area contributed by atoms with Gasteiger partial charge in [0.2, 0.25) is 0 Å². The van der Waals surface area contributed by atoms with Crippen molar-refractivity contribution in [2.45, 2.75) is 71.9 Å². The first-order valence-electron chi connectivity index (χ1n) is 12.3. The van der Waals surface area contributed by atoms with E-state index in [2.05, 4.69) is 10.3 Å². The average molecular weight is 559 g/mol. The summed E-state index contributed by atoms with van der Waals surface area (Å²) < 4.78 is 21.9. The Labute approximate surface area is 225 Å². The molecule has 0 aromatic carbocycles. The molecule has 2 amide bonds. The SMILES string of the molecule is CC(C)C(OC(=O)N(C)CCOC(=O)Nc1ccn([C@@H]2O[C@H](CO)[C@@H](O)[C@@]2(C)O)c(=O)n1)OC(=O)C(C)(C)C. The molecule has 15 nitrogen and oxygen atoms in total. The number of nitrogens with one attached hydrogen (secondary N) is 1. The Bertz CT molecular complexity index is 1080. The number of nitrogens with zero attached hydrogens (tertiary/aromatic N) is 3. The number of aromatic nitrogens is 2. The van der Waals surface area contributed by atoms with Gasteiger partial charge >= 0.3 is 23.8 Å². The Balaban J connectivity index is 1.88. The van der Waals surface area contributed by atoms with E-state index in [1.54, 1.807) is 34.6 Å². The van der Waals surface area contributed by atoms with Gasteiger partial charge in [-0.1, -0.05) is 13.8 Å². The summed E-state index contributed by atoms with van der Waals surface area (Å²) >= 11 is 0. The first kappa shape index (κ1) is 31.9. The molecule has 0 saturated carbocycles. The van der Waals surface area contributed by atoms with Crippen molar-refractivity contribution in [1.82, 2.24) is 14.5 Å². The monoisotopic (exact) mass is 558 g/mol. The number of esters is 1. The highest BCUT2D eigenvalue weighted by molar-refractivity contribution is 5.83. The highest BCUT2D eigenvalue weighted by Crippen LogP contribution is 2.37. The molecule has 39 heavy (non-hydrogen) atoms. The van der Waals surface area contributed by atoms with Crippen LogP contribution < -0.4 is 11.0 Å². The third-order valence-corrected chi connectivity index (χ3v) is 5.82. The van der Waals surface area contributed by atoms with Gasteiger partial charge in [0.25, 0.3) is 6.29 Å². The van der Waals surface area contributed by atoms with Gasteiger partial charge in [-0.25, -0.2) is 14.4 Å². The summed E-state index contributed by atoms with van der Waals surface area (Å²) in [6, 6.07) is 1.25. The second kappa shape index (κ2) is 12.7. The van der Waals surface area contributed by atoms with Gasteiger partial charge in [0.1, 0.15) is 30.2 Å². The maximum Gasteiger partial charge on any atom is 0.412 e. The molecule has 1 saturated heterocycles. The molecule has 15 heteroatoms. The van der Waals surface area contributed by atoms with Crippen molar-refractivity contribution in [1.29, 1.82) is 0 Å². The molecule has 1 aliphatic rings. The number of aliphatic hydroxyl groups excluding tert-OH is 2. The number of carbonyl (C=O) groups excluding carboxylic acids is 3. The van der Waals surface area contributed by atoms with E-state index < -0.39 is 66.2 Å². The lowest BCUT2D eigenvalue weighted by molar-refractivity contribution is -0.185. The first-order valence-corrected chi connectivity index (χ1v) is 12.3. The van der Waals surface area contributed by atoms with Gasteiger partial charge in [-0.3, -0.25) is 14.7 Å². The fourth-order valence-corrected chi connectivity index (χ4v) is 3.33. The average Bonchev–Trinajstić information content (AvgIpc) is 3.06. The minimum absolute atomic E-state index is 0.0538. The number of anilines is 1. The van der Waals surface area contributed by atoms with Crippen LogP contribution in [-0.2, 0) is 23.7 Å². The van der Waals surface area contributed by atoms with Crippen LogP contribution in [0.4, 0.5) is 15.4 Å². The third kappa shape index (κ3) is 8.11. The molecule has 1 aromatic rings. The molecule has 220 valence electrons. The van der Waals surface area contributed by atoms with Crippen LogP contribution in [0.5, 0.6) is 0 Å². The smallest absolute Gasteiger partial charge is 0.412 e. The normalized spacial score (nSPS) is 23.7. The molecule has 1 aliphatic heterocycles. The number of hydrogen-bond donors (Lipinski definition) is 4. The predicted octanol–water partition coefficient (Wildman–Crippen LogP) is 0.433. The predicted molar refractivity (Wildman–Crippen MR) is 134 cm³/mol. The Hall–Kier alpha value is -3.27. The summed E-state index contributed by atoms with van der Waals surface area (Å²) in [5, 5.41) is 32.2. The fourth-order valence-electron chi connectivity index (χ4n) is 3.33. The fraction of sp³-hybridized carbons (Fsp3) is 0.708. The van der Waals surface area contributed by atoms with E-state index >= 15 is 0 Å². The van der Waals surface area contributed by atoms with Crippen LogP contribution in [0.2, 0.25) is 0 Å². The second-order valence-corrected chi connectivity index (χ2v) is 10.7. The molecule has 0 spiro atoms. The van der Waals surface area contributed by atoms with Crippen molar-refractivity contribution in [3.63, 3.8) is 0 Å². The molecule has 0 radical (unpaired) electrons. The number of rotatable bonds is 9. The highest BCUT2D eigenvalue weighted by atomic mass is 16.7. The van der Waals surface area contributed by atoms with E-state index in [-0.39, 0.29) is 24.9 Å². The number of ether oxygens (including phenoxy) is 4. The zero-order chi connectivity index (χ0) is 29.7. The van der Waals surface area contributed by atoms with E-state index in [1.807, 2.05) is 0 Å². The molecule has 0 bridgehead atoms. The van der Waals surface area contributed by atoms with Crippen molar-refractivity contribution < 1.29 is 48.7 Å². The molecule has 5 atom stereocenters. The van der Waals surface area contributed by atoms with Gasteiger partial charge in [-0.2, -0.15) is 4.98 Å². The Morgan fingerprint density at radius 3 is 2.44 bits per heavy atom. The van der Waals surface area contributed by atoms with Crippen molar-refractivity contribution in [3.8, 4) is 0 Å². The lowest BCUT2D eigenvalue weighted by Gasteiger charge is -2.27. The van der Waals surface area contributed by atoms with Crippen LogP contribution in [0, 0.1) is 11.3 Å². The minimum Gasteiger partial charge on any atom is -0.447 e. The van der Waals surface area contributed by atoms with E-state index in [0.29, 0.717) is 0 Å². The van der Waals surface area contributed by atoms with E-state index in [4.69, 9.17) is 18.9 Å². The first-order chi connectivity index (χ1) is 18.0. The van der Waals surface area contributed by atoms with E-state index in [9.17, 15) is 34.5 Å². The second-order valence-electron chi connectivity index (χ2n) is 10.7. The zero-order valence-corrected chi connectivity index (χ0v) is 23.1. The number of carbonyl (C=O) groups is 3. The standard InChI is InChI=1S/C24H38N4O11/c1-13(2)17(38-19(31)23(3,4)5)39-22(34)27(7)10-11-36-21(33)26-15-8-9-28(20(32)25-15)18-24(6,35)16(30)14(12-29)37-18/h8-9,13-14,16-18,29-30,35H,10-12H2,1-7H3,(H,25,26,32,33)/t14-,16-,17?,18-,24-/m1/s1. The van der Waals surface area contributed by atoms with Crippen LogP contribution in [-0.4, -0.2) is 98.8 Å². The van der Waals surface area contributed by atoms with Crippen molar-refractivity contribution >= 4 is 24.0 Å². The van der Waals surface area contributed by atoms with Crippen LogP contribution in [0.3, 0.4) is 0 Å². The molecule has 1 aromatic heterocycles. The number of amides is 2. The largest absolute Gasteiger partial charge is 0.447 e. The molecule has 1 unspecified atom stereocenters.